The van der Waals surface area contributed by atoms with Crippen molar-refractivity contribution in [3.05, 3.63) is 344 Å². The van der Waals surface area contributed by atoms with Crippen molar-refractivity contribution in [3.8, 4) is 62.1 Å². The lowest BCUT2D eigenvalue weighted by Gasteiger charge is -2.45. The quantitative estimate of drug-likeness (QED) is 0.0778. The van der Waals surface area contributed by atoms with E-state index in [0.717, 1.165) is 112 Å². The Morgan fingerprint density at radius 2 is 0.740 bits per heavy atom. The van der Waals surface area contributed by atoms with Gasteiger partial charge >= 0.3 is 11.9 Å². The molecule has 0 radical (unpaired) electrons. The van der Waals surface area contributed by atoms with Crippen LogP contribution in [0.2, 0.25) is 0 Å². The molecule has 0 atom stereocenters. The second-order valence-corrected chi connectivity index (χ2v) is 24.1. The number of nitrogens with zero attached hydrogens (tertiary/aromatic N) is 6. The second-order valence-electron chi connectivity index (χ2n) is 24.1. The third-order valence-electron chi connectivity index (χ3n) is 18.3. The Hall–Kier alpha value is -12.7. The summed E-state index contributed by atoms with van der Waals surface area (Å²) in [6.07, 6.45) is 0. The molecule has 13 aromatic carbocycles. The zero-order valence-corrected chi connectivity index (χ0v) is 51.9. The number of hydrogen-bond donors (Lipinski definition) is 0. The molecule has 17 rings (SSSR count). The van der Waals surface area contributed by atoms with Gasteiger partial charge in [-0.2, -0.15) is 0 Å². The van der Waals surface area contributed by atoms with E-state index < -0.39 is 11.9 Å². The van der Waals surface area contributed by atoms with E-state index in [0.29, 0.717) is 28.6 Å². The molecule has 0 amide bonds. The summed E-state index contributed by atoms with van der Waals surface area (Å²) in [4.78, 5) is 48.6. The molecule has 0 saturated carbocycles. The van der Waals surface area contributed by atoms with Gasteiger partial charge in [0, 0.05) is 67.0 Å². The van der Waals surface area contributed by atoms with E-state index in [4.69, 9.17) is 24.4 Å². The number of anilines is 6. The third kappa shape index (κ3) is 10.3. The van der Waals surface area contributed by atoms with Crippen LogP contribution in [0, 0.1) is 0 Å². The van der Waals surface area contributed by atoms with Gasteiger partial charge in [-0.15, -0.1) is 0 Å². The van der Waals surface area contributed by atoms with Crippen LogP contribution in [-0.4, -0.2) is 38.2 Å². The van der Waals surface area contributed by atoms with Crippen molar-refractivity contribution >= 4 is 91.0 Å². The zero-order chi connectivity index (χ0) is 64.1. The molecule has 2 aliphatic rings. The first-order chi connectivity index (χ1) is 47.5. The fourth-order valence-corrected chi connectivity index (χ4v) is 13.9. The number of carbonyl (C=O) groups is 2. The summed E-state index contributed by atoms with van der Waals surface area (Å²) in [6, 6.07) is 110. The van der Waals surface area contributed by atoms with Gasteiger partial charge < -0.3 is 23.8 Å². The van der Waals surface area contributed by atoms with Crippen molar-refractivity contribution in [2.45, 2.75) is 13.2 Å². The summed E-state index contributed by atoms with van der Waals surface area (Å²) >= 11 is 0. The van der Waals surface area contributed by atoms with E-state index in [-0.39, 0.29) is 19.9 Å². The molecule has 11 heteroatoms. The third-order valence-corrected chi connectivity index (χ3v) is 18.3. The first kappa shape index (κ1) is 57.2. The fourth-order valence-electron chi connectivity index (χ4n) is 13.9. The molecular formula is C85H57BN6O4. The molecule has 0 fully saturated rings. The first-order valence-corrected chi connectivity index (χ1v) is 32.1. The summed E-state index contributed by atoms with van der Waals surface area (Å²) in [7, 11) is 0. The number of benzene rings is 13. The maximum absolute atomic E-state index is 14.1. The Labute approximate surface area is 555 Å². The maximum atomic E-state index is 14.1. The second kappa shape index (κ2) is 24.4. The number of aromatic nitrogens is 4. The summed E-state index contributed by atoms with van der Waals surface area (Å²) in [5, 5.41) is 1.50. The predicted molar refractivity (Wildman–Crippen MR) is 386 cm³/mol. The smallest absolute Gasteiger partial charge is 0.338 e. The van der Waals surface area contributed by atoms with Crippen molar-refractivity contribution in [2.75, 3.05) is 9.80 Å². The lowest BCUT2D eigenvalue weighted by molar-refractivity contribution is 0.0464. The van der Waals surface area contributed by atoms with Crippen LogP contribution in [0.15, 0.2) is 322 Å². The molecule has 0 spiro atoms. The van der Waals surface area contributed by atoms with Crippen LogP contribution in [0.1, 0.15) is 31.8 Å². The van der Waals surface area contributed by atoms with Crippen LogP contribution < -0.4 is 26.2 Å². The molecule has 4 heterocycles. The number of ether oxygens (including phenoxy) is 2. The van der Waals surface area contributed by atoms with Gasteiger partial charge in [-0.3, -0.25) is 0 Å². The van der Waals surface area contributed by atoms with Gasteiger partial charge in [0.2, 0.25) is 0 Å². The molecule has 2 aliphatic heterocycles. The molecule has 0 unspecified atom stereocenters. The Bertz CT molecular complexity index is 5280. The molecule has 0 N–H and O–H groups in total. The van der Waals surface area contributed by atoms with Gasteiger partial charge in [0.05, 0.1) is 33.5 Å². The fraction of sp³-hybridized carbons (Fsp3) is 0.0235. The molecule has 0 aliphatic carbocycles. The maximum Gasteiger partial charge on any atom is 0.338 e. The van der Waals surface area contributed by atoms with Crippen LogP contribution in [0.4, 0.5) is 34.1 Å². The largest absolute Gasteiger partial charge is 0.457 e. The molecule has 2 aromatic heterocycles. The highest BCUT2D eigenvalue weighted by Crippen LogP contribution is 2.49. The standard InChI is InChI=1S/C85H57BN6O4/c93-84(95-54-56-23-7-1-8-24-56)63-44-48-74-69(52-63)70-53-64(85(94)96-55-57-25-9-2-10-26-57)45-49-75(70)92(74)73-47-43-62(83-88-81(60-27-11-3-12-28-60)87-82(89-83)61-29-13-4-14-30-61)51-68(73)59-41-39-58(40-42-59)67-46-50-78-79-80(67)91(66-33-17-6-18-34-66)77-38-22-20-36-72(77)86(79)71-35-19-21-37-76(71)90(78)65-31-15-5-16-32-65/h1-53H,54-55H2. The van der Waals surface area contributed by atoms with Crippen molar-refractivity contribution in [2.24, 2.45) is 0 Å². The lowest BCUT2D eigenvalue weighted by Crippen LogP contribution is -2.61. The minimum atomic E-state index is -0.467. The van der Waals surface area contributed by atoms with E-state index >= 15 is 0 Å². The van der Waals surface area contributed by atoms with Crippen molar-refractivity contribution in [1.82, 2.24) is 19.5 Å². The van der Waals surface area contributed by atoms with Crippen LogP contribution >= 0.6 is 0 Å². The molecule has 454 valence electrons. The van der Waals surface area contributed by atoms with E-state index in [1.165, 1.54) is 16.4 Å². The summed E-state index contributed by atoms with van der Waals surface area (Å²) in [5.41, 5.74) is 21.7. The number of para-hydroxylation sites is 4. The summed E-state index contributed by atoms with van der Waals surface area (Å²) < 4.78 is 14.1. The topological polar surface area (TPSA) is 103 Å². The van der Waals surface area contributed by atoms with Crippen molar-refractivity contribution < 1.29 is 19.1 Å². The average molecular weight is 1240 g/mol. The van der Waals surface area contributed by atoms with E-state index in [1.807, 2.05) is 158 Å². The number of carbonyl (C=O) groups excluding carboxylic acids is 2. The number of hydrogen-bond acceptors (Lipinski definition) is 9. The highest BCUT2D eigenvalue weighted by Gasteiger charge is 2.44. The number of rotatable bonds is 14. The average Bonchev–Trinajstić information content (AvgIpc) is 0.891. The number of fused-ring (bicyclic) bond motifs is 7. The highest BCUT2D eigenvalue weighted by atomic mass is 16.5. The molecular weight excluding hydrogens is 1180 g/mol. The van der Waals surface area contributed by atoms with Crippen LogP contribution in [-0.2, 0) is 22.7 Å². The van der Waals surface area contributed by atoms with Crippen LogP contribution in [0.25, 0.3) is 83.9 Å². The SMILES string of the molecule is O=C(OCc1ccccc1)c1ccc2c(c1)c1cc(C(=O)OCc3ccccc3)ccc1n2-c1ccc(-c2nc(-c3ccccc3)nc(-c3ccccc3)n2)cc1-c1ccc(-c2ccc3c4c2N(c2ccccc2)c2ccccc2B4c2ccccc2N3c2ccccc2)cc1. The molecule has 0 saturated heterocycles. The van der Waals surface area contributed by atoms with Gasteiger partial charge in [0.15, 0.2) is 17.5 Å². The lowest BCUT2D eigenvalue weighted by atomic mass is 9.33. The molecule has 96 heavy (non-hydrogen) atoms. The van der Waals surface area contributed by atoms with Gasteiger partial charge in [0.25, 0.3) is 6.71 Å². The first-order valence-electron chi connectivity index (χ1n) is 32.1. The van der Waals surface area contributed by atoms with E-state index in [2.05, 4.69) is 178 Å². The predicted octanol–water partition coefficient (Wildman–Crippen LogP) is 18.1. The van der Waals surface area contributed by atoms with Crippen LogP contribution in [0.5, 0.6) is 0 Å². The Kier molecular flexibility index (Phi) is 14.5. The summed E-state index contributed by atoms with van der Waals surface area (Å²) in [5.74, 6) is 0.663. The molecule has 10 nitrogen and oxygen atoms in total. The normalized spacial score (nSPS) is 12.1. The van der Waals surface area contributed by atoms with E-state index in [9.17, 15) is 9.59 Å². The Balaban J connectivity index is 0.864. The van der Waals surface area contributed by atoms with Crippen molar-refractivity contribution in [3.63, 3.8) is 0 Å². The van der Waals surface area contributed by atoms with E-state index in [1.54, 1.807) is 0 Å². The van der Waals surface area contributed by atoms with Gasteiger partial charge in [0.1, 0.15) is 13.2 Å². The van der Waals surface area contributed by atoms with Gasteiger partial charge in [-0.1, -0.05) is 224 Å². The Morgan fingerprint density at radius 3 is 1.25 bits per heavy atom. The minimum Gasteiger partial charge on any atom is -0.457 e. The van der Waals surface area contributed by atoms with Gasteiger partial charge in [-0.25, -0.2) is 24.5 Å². The zero-order valence-electron chi connectivity index (χ0n) is 51.9. The van der Waals surface area contributed by atoms with Crippen LogP contribution in [0.3, 0.4) is 0 Å². The summed E-state index contributed by atoms with van der Waals surface area (Å²) in [6.45, 7) is 0.160. The molecule has 0 bridgehead atoms. The molecule has 15 aromatic rings. The number of esters is 2. The van der Waals surface area contributed by atoms with Gasteiger partial charge in [-0.05, 0) is 136 Å². The monoisotopic (exact) mass is 1240 g/mol. The Morgan fingerprint density at radius 1 is 0.333 bits per heavy atom. The minimum absolute atomic E-state index is 0.0645. The highest BCUT2D eigenvalue weighted by molar-refractivity contribution is 7.00. The van der Waals surface area contributed by atoms with Crippen molar-refractivity contribution in [1.29, 1.82) is 0 Å².